The van der Waals surface area contributed by atoms with Gasteiger partial charge in [0.1, 0.15) is 5.69 Å². The second kappa shape index (κ2) is 5.14. The van der Waals surface area contributed by atoms with Crippen molar-refractivity contribution in [3.63, 3.8) is 0 Å². The van der Waals surface area contributed by atoms with E-state index in [1.807, 2.05) is 0 Å². The molecule has 7 nitrogen and oxygen atoms in total. The third-order valence-corrected chi connectivity index (χ3v) is 4.88. The van der Waals surface area contributed by atoms with Crippen molar-refractivity contribution in [1.82, 2.24) is 9.88 Å². The number of aromatic nitrogens is 1. The van der Waals surface area contributed by atoms with E-state index in [1.54, 1.807) is 24.0 Å². The second-order valence-electron chi connectivity index (χ2n) is 4.54. The van der Waals surface area contributed by atoms with Crippen molar-refractivity contribution in [1.29, 1.82) is 0 Å². The molecule has 1 aromatic rings. The second-order valence-corrected chi connectivity index (χ2v) is 6.77. The molecular formula is C11H16N4O3S. The summed E-state index contributed by atoms with van der Waals surface area (Å²) in [6, 6.07) is 2.87. The van der Waals surface area contributed by atoms with Gasteiger partial charge in [-0.25, -0.2) is 13.4 Å². The number of nitrogens with one attached hydrogen (secondary N) is 1. The summed E-state index contributed by atoms with van der Waals surface area (Å²) >= 11 is 0. The predicted molar refractivity (Wildman–Crippen MR) is 71.2 cm³/mol. The number of anilines is 1. The normalized spacial score (nSPS) is 22.0. The van der Waals surface area contributed by atoms with Crippen molar-refractivity contribution >= 4 is 21.4 Å². The Kier molecular flexibility index (Phi) is 3.72. The Morgan fingerprint density at radius 3 is 2.79 bits per heavy atom. The van der Waals surface area contributed by atoms with Gasteiger partial charge in [0.15, 0.2) is 9.84 Å². The van der Waals surface area contributed by atoms with E-state index in [0.717, 1.165) is 0 Å². The molecular weight excluding hydrogens is 268 g/mol. The summed E-state index contributed by atoms with van der Waals surface area (Å²) in [4.78, 5) is 17.8. The zero-order chi connectivity index (χ0) is 14.0. The minimum absolute atomic E-state index is 0.00117. The molecule has 1 aliphatic heterocycles. The van der Waals surface area contributed by atoms with Crippen molar-refractivity contribution in [3.05, 3.63) is 24.0 Å². The topological polar surface area (TPSA) is 105 Å². The fourth-order valence-corrected chi connectivity index (χ4v) is 3.61. The number of rotatable bonds is 2. The first-order valence-corrected chi connectivity index (χ1v) is 7.69. The van der Waals surface area contributed by atoms with E-state index in [-0.39, 0.29) is 35.7 Å². The van der Waals surface area contributed by atoms with Crippen molar-refractivity contribution in [2.45, 2.75) is 13.0 Å². The van der Waals surface area contributed by atoms with Gasteiger partial charge in [0.2, 0.25) is 0 Å². The van der Waals surface area contributed by atoms with Gasteiger partial charge >= 0.3 is 0 Å². The van der Waals surface area contributed by atoms with E-state index in [9.17, 15) is 13.2 Å². The maximum absolute atomic E-state index is 12.2. The van der Waals surface area contributed by atoms with E-state index < -0.39 is 9.84 Å². The van der Waals surface area contributed by atoms with Gasteiger partial charge in [-0.2, -0.15) is 0 Å². The standard InChI is InChI=1S/C11H16N4O3S/c1-8-7-19(17,18)5-4-15(8)11(16)10-3-2-9(14-12)6-13-10/h2-3,6,8,14H,4-5,7,12H2,1H3. The number of nitrogens with zero attached hydrogens (tertiary/aromatic N) is 2. The van der Waals surface area contributed by atoms with Gasteiger partial charge in [-0.05, 0) is 19.1 Å². The first-order valence-electron chi connectivity index (χ1n) is 5.87. The van der Waals surface area contributed by atoms with Gasteiger partial charge in [-0.3, -0.25) is 10.6 Å². The number of hydrazine groups is 1. The summed E-state index contributed by atoms with van der Waals surface area (Å²) < 4.78 is 22.9. The quantitative estimate of drug-likeness (QED) is 0.567. The number of pyridine rings is 1. The van der Waals surface area contributed by atoms with Gasteiger partial charge in [0.05, 0.1) is 23.4 Å². The highest BCUT2D eigenvalue weighted by Gasteiger charge is 2.32. The van der Waals surface area contributed by atoms with Crippen LogP contribution in [0.15, 0.2) is 18.3 Å². The van der Waals surface area contributed by atoms with Crippen molar-refractivity contribution in [3.8, 4) is 0 Å². The fourth-order valence-electron chi connectivity index (χ4n) is 2.05. The highest BCUT2D eigenvalue weighted by atomic mass is 32.2. The summed E-state index contributed by atoms with van der Waals surface area (Å²) in [5.74, 6) is 4.97. The fraction of sp³-hybridized carbons (Fsp3) is 0.455. The number of hydrogen-bond acceptors (Lipinski definition) is 6. The molecule has 8 heteroatoms. The van der Waals surface area contributed by atoms with Crippen LogP contribution in [0.4, 0.5) is 5.69 Å². The van der Waals surface area contributed by atoms with Crippen LogP contribution in [-0.2, 0) is 9.84 Å². The summed E-state index contributed by atoms with van der Waals surface area (Å²) in [5, 5.41) is 0. The average Bonchev–Trinajstić information content (AvgIpc) is 2.37. The maximum atomic E-state index is 12.2. The van der Waals surface area contributed by atoms with Crippen LogP contribution < -0.4 is 11.3 Å². The molecule has 1 fully saturated rings. The van der Waals surface area contributed by atoms with Gasteiger partial charge in [-0.1, -0.05) is 0 Å². The number of nitrogens with two attached hydrogens (primary N) is 1. The van der Waals surface area contributed by atoms with E-state index >= 15 is 0 Å². The summed E-state index contributed by atoms with van der Waals surface area (Å²) in [7, 11) is -3.03. The van der Waals surface area contributed by atoms with E-state index in [2.05, 4.69) is 10.4 Å². The Morgan fingerprint density at radius 2 is 2.26 bits per heavy atom. The molecule has 1 unspecified atom stereocenters. The lowest BCUT2D eigenvalue weighted by Gasteiger charge is -2.32. The minimum Gasteiger partial charge on any atom is -0.333 e. The molecule has 19 heavy (non-hydrogen) atoms. The molecule has 0 aliphatic carbocycles. The van der Waals surface area contributed by atoms with Crippen molar-refractivity contribution in [2.24, 2.45) is 5.84 Å². The first kappa shape index (κ1) is 13.8. The number of sulfone groups is 1. The molecule has 2 heterocycles. The number of nitrogen functional groups attached to an aromatic ring is 1. The van der Waals surface area contributed by atoms with Crippen LogP contribution >= 0.6 is 0 Å². The van der Waals surface area contributed by atoms with Crippen molar-refractivity contribution < 1.29 is 13.2 Å². The van der Waals surface area contributed by atoms with Crippen LogP contribution in [0.2, 0.25) is 0 Å². The third-order valence-electron chi connectivity index (χ3n) is 3.08. The molecule has 3 N–H and O–H groups in total. The number of amides is 1. The van der Waals surface area contributed by atoms with Crippen LogP contribution in [0.25, 0.3) is 0 Å². The summed E-state index contributed by atoms with van der Waals surface area (Å²) in [6.07, 6.45) is 1.46. The van der Waals surface area contributed by atoms with Gasteiger partial charge < -0.3 is 10.3 Å². The van der Waals surface area contributed by atoms with Gasteiger partial charge in [-0.15, -0.1) is 0 Å². The first-order chi connectivity index (χ1) is 8.93. The Hall–Kier alpha value is -1.67. The highest BCUT2D eigenvalue weighted by Crippen LogP contribution is 2.15. The van der Waals surface area contributed by atoms with Gasteiger partial charge in [0, 0.05) is 12.6 Å². The van der Waals surface area contributed by atoms with Crippen LogP contribution in [0.5, 0.6) is 0 Å². The smallest absolute Gasteiger partial charge is 0.272 e. The molecule has 1 aromatic heterocycles. The van der Waals surface area contributed by atoms with Gasteiger partial charge in [0.25, 0.3) is 5.91 Å². The van der Waals surface area contributed by atoms with Crippen LogP contribution in [0.1, 0.15) is 17.4 Å². The molecule has 0 saturated carbocycles. The van der Waals surface area contributed by atoms with E-state index in [4.69, 9.17) is 5.84 Å². The molecule has 104 valence electrons. The summed E-state index contributed by atoms with van der Waals surface area (Å²) in [5.41, 5.74) is 3.31. The molecule has 1 atom stereocenters. The Balaban J connectivity index is 2.15. The SMILES string of the molecule is CC1CS(=O)(=O)CCN1C(=O)c1ccc(NN)cn1. The largest absolute Gasteiger partial charge is 0.333 e. The monoisotopic (exact) mass is 284 g/mol. The van der Waals surface area contributed by atoms with Crippen molar-refractivity contribution in [2.75, 3.05) is 23.5 Å². The van der Waals surface area contributed by atoms with Crippen LogP contribution in [0, 0.1) is 0 Å². The summed E-state index contributed by atoms with van der Waals surface area (Å²) in [6.45, 7) is 1.94. The maximum Gasteiger partial charge on any atom is 0.272 e. The van der Waals surface area contributed by atoms with E-state index in [0.29, 0.717) is 5.69 Å². The molecule has 0 aromatic carbocycles. The minimum atomic E-state index is -3.03. The molecule has 0 spiro atoms. The molecule has 1 aliphatic rings. The molecule has 0 bridgehead atoms. The Labute approximate surface area is 111 Å². The third kappa shape index (κ3) is 3.02. The Bertz CT molecular complexity index is 570. The van der Waals surface area contributed by atoms with Crippen LogP contribution in [0.3, 0.4) is 0 Å². The lowest BCUT2D eigenvalue weighted by molar-refractivity contribution is 0.0706. The highest BCUT2D eigenvalue weighted by molar-refractivity contribution is 7.91. The number of carbonyl (C=O) groups excluding carboxylic acids is 1. The zero-order valence-electron chi connectivity index (χ0n) is 10.5. The molecule has 1 amide bonds. The Morgan fingerprint density at radius 1 is 1.53 bits per heavy atom. The number of carbonyl (C=O) groups is 1. The average molecular weight is 284 g/mol. The lowest BCUT2D eigenvalue weighted by atomic mass is 10.2. The molecule has 0 radical (unpaired) electrons. The zero-order valence-corrected chi connectivity index (χ0v) is 11.4. The molecule has 2 rings (SSSR count). The number of hydrogen-bond donors (Lipinski definition) is 2. The van der Waals surface area contributed by atoms with E-state index in [1.165, 1.54) is 6.20 Å². The predicted octanol–water partition coefficient (Wildman–Crippen LogP) is -0.374. The molecule has 1 saturated heterocycles. The van der Waals surface area contributed by atoms with Crippen LogP contribution in [-0.4, -0.2) is 48.3 Å². The lowest BCUT2D eigenvalue weighted by Crippen LogP contribution is -2.49.